The van der Waals surface area contributed by atoms with Crippen LogP contribution < -0.4 is 15.8 Å². The maximum atomic E-state index is 13.4. The molecule has 2 N–H and O–H groups in total. The van der Waals surface area contributed by atoms with Crippen molar-refractivity contribution < 1.29 is 8.78 Å². The first-order chi connectivity index (χ1) is 15.0. The van der Waals surface area contributed by atoms with Crippen molar-refractivity contribution in [3.63, 3.8) is 0 Å². The lowest BCUT2D eigenvalue weighted by Crippen LogP contribution is -2.39. The first kappa shape index (κ1) is 19.3. The van der Waals surface area contributed by atoms with E-state index in [1.54, 1.807) is 18.5 Å². The van der Waals surface area contributed by atoms with Crippen molar-refractivity contribution >= 4 is 22.7 Å². The van der Waals surface area contributed by atoms with Crippen LogP contribution in [0.4, 0.5) is 25.8 Å². The topological polar surface area (TPSA) is 65.4 Å². The standard InChI is InChI=1S/C23H21F2N5O/c24-23(25)8-12-29(13-9-23)18-3-1-17(2-4-18)28-19-5-6-20(30-14-11-27-22(19)30)16-7-10-26-21(31)15-16/h1-7,10-11,14-15,28H,8-9,12-13H2,(H,26,31). The zero-order valence-electron chi connectivity index (χ0n) is 16.7. The second-order valence-corrected chi connectivity index (χ2v) is 7.71. The Hall–Kier alpha value is -3.68. The van der Waals surface area contributed by atoms with Crippen molar-refractivity contribution in [2.45, 2.75) is 18.8 Å². The number of aromatic amines is 1. The molecule has 8 heteroatoms. The van der Waals surface area contributed by atoms with Crippen molar-refractivity contribution in [3.05, 3.63) is 77.5 Å². The first-order valence-electron chi connectivity index (χ1n) is 10.1. The molecule has 0 bridgehead atoms. The molecule has 6 nitrogen and oxygen atoms in total. The van der Waals surface area contributed by atoms with Gasteiger partial charge >= 0.3 is 0 Å². The van der Waals surface area contributed by atoms with Gasteiger partial charge in [0.1, 0.15) is 0 Å². The third-order valence-electron chi connectivity index (χ3n) is 5.63. The number of alkyl halides is 2. The van der Waals surface area contributed by atoms with E-state index in [9.17, 15) is 13.6 Å². The largest absolute Gasteiger partial charge is 0.371 e. The van der Waals surface area contributed by atoms with E-state index in [0.717, 1.165) is 34.0 Å². The van der Waals surface area contributed by atoms with E-state index in [1.165, 1.54) is 0 Å². The molecule has 0 unspecified atom stereocenters. The van der Waals surface area contributed by atoms with Gasteiger partial charge in [0, 0.05) is 67.5 Å². The molecule has 1 aliphatic rings. The SMILES string of the molecule is O=c1cc(-c2ccc(Nc3ccc(N4CCC(F)(F)CC4)cc3)c3nccn23)cc[nH]1. The molecule has 1 aliphatic heterocycles. The van der Waals surface area contributed by atoms with Crippen LogP contribution in [0.5, 0.6) is 0 Å². The zero-order chi connectivity index (χ0) is 21.4. The van der Waals surface area contributed by atoms with Crippen LogP contribution in [0.3, 0.4) is 0 Å². The molecule has 31 heavy (non-hydrogen) atoms. The fourth-order valence-electron chi connectivity index (χ4n) is 3.95. The molecule has 1 aromatic carbocycles. The van der Waals surface area contributed by atoms with Crippen LogP contribution in [0.25, 0.3) is 16.9 Å². The molecule has 1 fully saturated rings. The van der Waals surface area contributed by atoms with Gasteiger partial charge < -0.3 is 15.2 Å². The summed E-state index contributed by atoms with van der Waals surface area (Å²) in [5.41, 5.74) is 4.88. The van der Waals surface area contributed by atoms with Gasteiger partial charge in [-0.2, -0.15) is 0 Å². The van der Waals surface area contributed by atoms with Gasteiger partial charge in [0.25, 0.3) is 5.92 Å². The predicted octanol–water partition coefficient (Wildman–Crippen LogP) is 4.67. The summed E-state index contributed by atoms with van der Waals surface area (Å²) in [4.78, 5) is 20.8. The number of nitrogens with one attached hydrogen (secondary N) is 2. The summed E-state index contributed by atoms with van der Waals surface area (Å²) in [7, 11) is 0. The van der Waals surface area contributed by atoms with Crippen molar-refractivity contribution in [1.29, 1.82) is 0 Å². The summed E-state index contributed by atoms with van der Waals surface area (Å²) in [5, 5.41) is 3.38. The van der Waals surface area contributed by atoms with E-state index in [2.05, 4.69) is 15.3 Å². The number of benzene rings is 1. The molecule has 4 aromatic rings. The Bertz CT molecular complexity index is 1270. The number of hydrogen-bond acceptors (Lipinski definition) is 4. The van der Waals surface area contributed by atoms with E-state index in [-0.39, 0.29) is 18.4 Å². The van der Waals surface area contributed by atoms with Gasteiger partial charge in [-0.05, 0) is 42.5 Å². The summed E-state index contributed by atoms with van der Waals surface area (Å²) in [6, 6.07) is 15.0. The summed E-state index contributed by atoms with van der Waals surface area (Å²) < 4.78 is 28.7. The molecular weight excluding hydrogens is 400 g/mol. The number of imidazole rings is 1. The second-order valence-electron chi connectivity index (χ2n) is 7.71. The highest BCUT2D eigenvalue weighted by Gasteiger charge is 2.33. The summed E-state index contributed by atoms with van der Waals surface area (Å²) in [5.74, 6) is -2.55. The van der Waals surface area contributed by atoms with E-state index in [4.69, 9.17) is 0 Å². The molecule has 0 amide bonds. The van der Waals surface area contributed by atoms with Crippen LogP contribution in [0.1, 0.15) is 12.8 Å². The van der Waals surface area contributed by atoms with Gasteiger partial charge in [-0.25, -0.2) is 13.8 Å². The van der Waals surface area contributed by atoms with E-state index < -0.39 is 5.92 Å². The third-order valence-corrected chi connectivity index (χ3v) is 5.63. The highest BCUT2D eigenvalue weighted by Crippen LogP contribution is 2.32. The van der Waals surface area contributed by atoms with Crippen molar-refractivity contribution in [2.24, 2.45) is 0 Å². The number of nitrogens with zero attached hydrogens (tertiary/aromatic N) is 3. The number of fused-ring (bicyclic) bond motifs is 1. The van der Waals surface area contributed by atoms with Crippen LogP contribution in [0, 0.1) is 0 Å². The monoisotopic (exact) mass is 421 g/mol. The molecular formula is C23H21F2N5O. The van der Waals surface area contributed by atoms with E-state index in [0.29, 0.717) is 13.1 Å². The Morgan fingerprint density at radius 1 is 1.03 bits per heavy atom. The molecule has 5 rings (SSSR count). The summed E-state index contributed by atoms with van der Waals surface area (Å²) in [6.45, 7) is 0.719. The van der Waals surface area contributed by atoms with E-state index >= 15 is 0 Å². The molecule has 158 valence electrons. The first-order valence-corrected chi connectivity index (χ1v) is 10.1. The normalized spacial score (nSPS) is 15.9. The van der Waals surface area contributed by atoms with Gasteiger partial charge in [-0.1, -0.05) is 0 Å². The van der Waals surface area contributed by atoms with Gasteiger partial charge in [-0.15, -0.1) is 0 Å². The fraction of sp³-hybridized carbons (Fsp3) is 0.217. The maximum Gasteiger partial charge on any atom is 0.251 e. The lowest BCUT2D eigenvalue weighted by Gasteiger charge is -2.33. The van der Waals surface area contributed by atoms with Gasteiger partial charge in [0.2, 0.25) is 5.56 Å². The Labute approximate surface area is 177 Å². The number of hydrogen-bond donors (Lipinski definition) is 2. The van der Waals surface area contributed by atoms with Crippen molar-refractivity contribution in [1.82, 2.24) is 14.4 Å². The minimum absolute atomic E-state index is 0.107. The molecule has 0 spiro atoms. The van der Waals surface area contributed by atoms with Crippen LogP contribution in [0.15, 0.2) is 71.9 Å². The summed E-state index contributed by atoms with van der Waals surface area (Å²) in [6.07, 6.45) is 4.98. The Morgan fingerprint density at radius 3 is 2.55 bits per heavy atom. The molecule has 0 saturated carbocycles. The number of pyridine rings is 2. The van der Waals surface area contributed by atoms with Crippen LogP contribution in [-0.2, 0) is 0 Å². The maximum absolute atomic E-state index is 13.4. The Balaban J connectivity index is 1.38. The smallest absolute Gasteiger partial charge is 0.251 e. The molecule has 3 aromatic heterocycles. The molecule has 0 aliphatic carbocycles. The highest BCUT2D eigenvalue weighted by atomic mass is 19.3. The van der Waals surface area contributed by atoms with Crippen molar-refractivity contribution in [3.8, 4) is 11.3 Å². The average Bonchev–Trinajstić information content (AvgIpc) is 3.25. The lowest BCUT2D eigenvalue weighted by atomic mass is 10.1. The minimum Gasteiger partial charge on any atom is -0.371 e. The average molecular weight is 421 g/mol. The second kappa shape index (κ2) is 7.54. The number of piperidine rings is 1. The van der Waals surface area contributed by atoms with Crippen molar-refractivity contribution in [2.75, 3.05) is 23.3 Å². The third kappa shape index (κ3) is 3.88. The molecule has 1 saturated heterocycles. The van der Waals surface area contributed by atoms with E-state index in [1.807, 2.05) is 58.0 Å². The van der Waals surface area contributed by atoms with Gasteiger partial charge in [-0.3, -0.25) is 9.20 Å². The highest BCUT2D eigenvalue weighted by molar-refractivity contribution is 5.78. The molecule has 0 radical (unpaired) electrons. The number of rotatable bonds is 4. The molecule has 4 heterocycles. The Kier molecular flexibility index (Phi) is 4.69. The number of halogens is 2. The van der Waals surface area contributed by atoms with Gasteiger partial charge in [0.15, 0.2) is 5.65 Å². The minimum atomic E-state index is -2.55. The lowest BCUT2D eigenvalue weighted by molar-refractivity contribution is -0.0220. The summed E-state index contributed by atoms with van der Waals surface area (Å²) >= 11 is 0. The predicted molar refractivity (Wildman–Crippen MR) is 117 cm³/mol. The molecule has 0 atom stereocenters. The van der Waals surface area contributed by atoms with Crippen LogP contribution in [0.2, 0.25) is 0 Å². The number of anilines is 3. The fourth-order valence-corrected chi connectivity index (χ4v) is 3.95. The Morgan fingerprint density at radius 2 is 1.81 bits per heavy atom. The number of H-pyrrole nitrogens is 1. The quantitative estimate of drug-likeness (QED) is 0.503. The zero-order valence-corrected chi connectivity index (χ0v) is 16.7. The van der Waals surface area contributed by atoms with Crippen LogP contribution in [-0.4, -0.2) is 33.4 Å². The van der Waals surface area contributed by atoms with Crippen LogP contribution >= 0.6 is 0 Å². The number of aromatic nitrogens is 3. The van der Waals surface area contributed by atoms with Gasteiger partial charge in [0.05, 0.1) is 11.4 Å².